The highest BCUT2D eigenvalue weighted by Crippen LogP contribution is 2.12. The molecule has 0 bridgehead atoms. The Morgan fingerprint density at radius 1 is 0.792 bits per heavy atom. The van der Waals surface area contributed by atoms with Crippen LogP contribution in [0.15, 0.2) is 45.6 Å². The molecule has 0 aromatic carbocycles. The zero-order valence-electron chi connectivity index (χ0n) is 12.3. The van der Waals surface area contributed by atoms with Gasteiger partial charge in [0.1, 0.15) is 11.5 Å². The number of rotatable bonds is 6. The standard InChI is InChI=1S/C13H16N6O5/c14-11(20)16-9(7-3-1-5-23-7)18-13(22)19-10(17-12(15)21)8-4-2-6-24-8/h1-6,9-10H,(H3,14,16,20)(H3,15,17,21)(H2,18,19,22)/t9-,10+. The van der Waals surface area contributed by atoms with Crippen LogP contribution < -0.4 is 32.7 Å². The lowest BCUT2D eigenvalue weighted by atomic mass is 10.3. The van der Waals surface area contributed by atoms with Gasteiger partial charge < -0.3 is 41.6 Å². The predicted octanol–water partition coefficient (Wildman–Crippen LogP) is 0.206. The fourth-order valence-electron chi connectivity index (χ4n) is 1.86. The number of furan rings is 2. The highest BCUT2D eigenvalue weighted by molar-refractivity contribution is 5.78. The van der Waals surface area contributed by atoms with Gasteiger partial charge in [-0.3, -0.25) is 0 Å². The molecule has 0 saturated carbocycles. The molecule has 0 saturated heterocycles. The first-order valence-corrected chi connectivity index (χ1v) is 6.71. The number of amides is 6. The average Bonchev–Trinajstić information content (AvgIpc) is 3.18. The number of carbonyl (C=O) groups excluding carboxylic acids is 3. The Kier molecular flexibility index (Phi) is 5.28. The lowest BCUT2D eigenvalue weighted by molar-refractivity contribution is 0.217. The van der Waals surface area contributed by atoms with E-state index in [4.69, 9.17) is 20.3 Å². The number of carbonyl (C=O) groups is 3. The third-order valence-electron chi connectivity index (χ3n) is 2.78. The van der Waals surface area contributed by atoms with E-state index in [1.807, 2.05) is 0 Å². The molecule has 0 aliphatic heterocycles. The summed E-state index contributed by atoms with van der Waals surface area (Å²) in [5, 5.41) is 9.45. The first-order valence-electron chi connectivity index (χ1n) is 6.71. The van der Waals surface area contributed by atoms with Crippen LogP contribution in [-0.4, -0.2) is 18.1 Å². The Hall–Kier alpha value is -3.63. The summed E-state index contributed by atoms with van der Waals surface area (Å²) in [6, 6.07) is 3.74. The molecular weight excluding hydrogens is 320 g/mol. The van der Waals surface area contributed by atoms with Crippen molar-refractivity contribution in [2.75, 3.05) is 0 Å². The second-order valence-electron chi connectivity index (χ2n) is 4.53. The second-order valence-corrected chi connectivity index (χ2v) is 4.53. The van der Waals surface area contributed by atoms with Crippen LogP contribution in [0.3, 0.4) is 0 Å². The van der Waals surface area contributed by atoms with Gasteiger partial charge in [0.15, 0.2) is 12.3 Å². The van der Waals surface area contributed by atoms with Gasteiger partial charge in [-0.25, -0.2) is 14.4 Å². The van der Waals surface area contributed by atoms with E-state index in [9.17, 15) is 14.4 Å². The van der Waals surface area contributed by atoms with Crippen molar-refractivity contribution in [3.05, 3.63) is 48.3 Å². The van der Waals surface area contributed by atoms with Crippen LogP contribution in [-0.2, 0) is 0 Å². The van der Waals surface area contributed by atoms with Gasteiger partial charge in [-0.1, -0.05) is 0 Å². The van der Waals surface area contributed by atoms with Crippen molar-refractivity contribution in [2.24, 2.45) is 11.5 Å². The van der Waals surface area contributed by atoms with Crippen molar-refractivity contribution in [3.8, 4) is 0 Å². The van der Waals surface area contributed by atoms with Crippen molar-refractivity contribution >= 4 is 18.1 Å². The summed E-state index contributed by atoms with van der Waals surface area (Å²) < 4.78 is 10.2. The van der Waals surface area contributed by atoms with Crippen molar-refractivity contribution in [2.45, 2.75) is 12.3 Å². The Labute approximate surface area is 135 Å². The van der Waals surface area contributed by atoms with E-state index in [2.05, 4.69) is 21.3 Å². The molecule has 2 heterocycles. The van der Waals surface area contributed by atoms with E-state index >= 15 is 0 Å². The third-order valence-corrected chi connectivity index (χ3v) is 2.78. The van der Waals surface area contributed by atoms with Gasteiger partial charge in [0.25, 0.3) is 0 Å². The summed E-state index contributed by atoms with van der Waals surface area (Å²) in [5.74, 6) is 0.503. The fraction of sp³-hybridized carbons (Fsp3) is 0.154. The number of primary amides is 2. The van der Waals surface area contributed by atoms with Crippen LogP contribution in [0.25, 0.3) is 0 Å². The van der Waals surface area contributed by atoms with Crippen molar-refractivity contribution in [3.63, 3.8) is 0 Å². The van der Waals surface area contributed by atoms with Gasteiger partial charge in [-0.2, -0.15) is 0 Å². The zero-order valence-corrected chi connectivity index (χ0v) is 12.3. The molecule has 2 aromatic rings. The molecule has 8 N–H and O–H groups in total. The summed E-state index contributed by atoms with van der Waals surface area (Å²) in [6.45, 7) is 0. The van der Waals surface area contributed by atoms with Gasteiger partial charge in [-0.05, 0) is 24.3 Å². The Morgan fingerprint density at radius 2 is 1.21 bits per heavy atom. The minimum Gasteiger partial charge on any atom is -0.465 e. The van der Waals surface area contributed by atoms with Gasteiger partial charge in [0.05, 0.1) is 12.5 Å². The Balaban J connectivity index is 2.05. The smallest absolute Gasteiger partial charge is 0.318 e. The molecule has 11 nitrogen and oxygen atoms in total. The van der Waals surface area contributed by atoms with Crippen LogP contribution in [0.4, 0.5) is 14.4 Å². The van der Waals surface area contributed by atoms with Crippen molar-refractivity contribution < 1.29 is 23.2 Å². The van der Waals surface area contributed by atoms with E-state index in [-0.39, 0.29) is 11.5 Å². The first kappa shape index (κ1) is 16.7. The molecule has 0 radical (unpaired) electrons. The summed E-state index contributed by atoms with van der Waals surface area (Å²) in [4.78, 5) is 34.2. The molecule has 0 spiro atoms. The molecule has 0 aliphatic carbocycles. The van der Waals surface area contributed by atoms with E-state index in [1.54, 1.807) is 12.1 Å². The number of nitrogens with two attached hydrogens (primary N) is 2. The molecule has 0 aliphatic rings. The fourth-order valence-corrected chi connectivity index (χ4v) is 1.86. The third kappa shape index (κ3) is 4.69. The quantitative estimate of drug-likeness (QED) is 0.412. The van der Waals surface area contributed by atoms with Gasteiger partial charge in [0, 0.05) is 0 Å². The number of urea groups is 3. The monoisotopic (exact) mass is 336 g/mol. The Bertz CT molecular complexity index is 626. The molecule has 24 heavy (non-hydrogen) atoms. The van der Waals surface area contributed by atoms with Crippen LogP contribution in [0.1, 0.15) is 23.9 Å². The SMILES string of the molecule is NC(=O)N[C@H](NC(=O)N[C@H](NC(N)=O)c1ccco1)c1ccco1. The molecule has 2 aromatic heterocycles. The van der Waals surface area contributed by atoms with Crippen LogP contribution >= 0.6 is 0 Å². The zero-order chi connectivity index (χ0) is 17.5. The van der Waals surface area contributed by atoms with Crippen molar-refractivity contribution in [1.29, 1.82) is 0 Å². The number of hydrogen-bond acceptors (Lipinski definition) is 5. The summed E-state index contributed by atoms with van der Waals surface area (Å²) in [5.41, 5.74) is 10.1. The van der Waals surface area contributed by atoms with Gasteiger partial charge in [0.2, 0.25) is 0 Å². The van der Waals surface area contributed by atoms with Gasteiger partial charge in [-0.15, -0.1) is 0 Å². The highest BCUT2D eigenvalue weighted by atomic mass is 16.3. The molecule has 128 valence electrons. The maximum absolute atomic E-state index is 12.1. The maximum Gasteiger partial charge on any atom is 0.318 e. The molecule has 6 amide bonds. The minimum atomic E-state index is -1.01. The lowest BCUT2D eigenvalue weighted by Crippen LogP contribution is -2.50. The van der Waals surface area contributed by atoms with Crippen LogP contribution in [0.2, 0.25) is 0 Å². The Morgan fingerprint density at radius 3 is 1.50 bits per heavy atom. The predicted molar refractivity (Wildman–Crippen MR) is 80.0 cm³/mol. The molecule has 2 rings (SSSR count). The normalized spacial score (nSPS) is 12.7. The number of hydrogen-bond donors (Lipinski definition) is 6. The summed E-state index contributed by atoms with van der Waals surface area (Å²) >= 11 is 0. The van der Waals surface area contributed by atoms with E-state index < -0.39 is 30.4 Å². The molecule has 11 heteroatoms. The highest BCUT2D eigenvalue weighted by Gasteiger charge is 2.22. The maximum atomic E-state index is 12.1. The molecule has 0 unspecified atom stereocenters. The lowest BCUT2D eigenvalue weighted by Gasteiger charge is -2.21. The van der Waals surface area contributed by atoms with E-state index in [0.29, 0.717) is 0 Å². The number of nitrogens with one attached hydrogen (secondary N) is 4. The van der Waals surface area contributed by atoms with Crippen LogP contribution in [0, 0.1) is 0 Å². The topological polar surface area (TPSA) is 178 Å². The molecular formula is C13H16N6O5. The minimum absolute atomic E-state index is 0.251. The summed E-state index contributed by atoms with van der Waals surface area (Å²) in [7, 11) is 0. The molecule has 2 atom stereocenters. The average molecular weight is 336 g/mol. The second kappa shape index (κ2) is 7.58. The van der Waals surface area contributed by atoms with Gasteiger partial charge >= 0.3 is 18.1 Å². The summed E-state index contributed by atoms with van der Waals surface area (Å²) in [6.07, 6.45) is 0.710. The first-order chi connectivity index (χ1) is 11.5. The van der Waals surface area contributed by atoms with Crippen molar-refractivity contribution in [1.82, 2.24) is 21.3 Å². The van der Waals surface area contributed by atoms with Crippen LogP contribution in [0.5, 0.6) is 0 Å². The van der Waals surface area contributed by atoms with E-state index in [0.717, 1.165) is 0 Å². The molecule has 0 fully saturated rings. The largest absolute Gasteiger partial charge is 0.465 e. The van der Waals surface area contributed by atoms with E-state index in [1.165, 1.54) is 24.7 Å².